The molecule has 1 aliphatic carbocycles. The van der Waals surface area contributed by atoms with E-state index in [0.717, 1.165) is 42.6 Å². The van der Waals surface area contributed by atoms with E-state index in [9.17, 15) is 15.2 Å². The zero-order valence-corrected chi connectivity index (χ0v) is 14.5. The molecule has 1 aromatic heterocycles. The van der Waals surface area contributed by atoms with Crippen molar-refractivity contribution in [2.24, 2.45) is 5.41 Å². The van der Waals surface area contributed by atoms with E-state index in [1.165, 1.54) is 19.3 Å². The smallest absolute Gasteiger partial charge is 0.268 e. The summed E-state index contributed by atoms with van der Waals surface area (Å²) in [6, 6.07) is 7.64. The van der Waals surface area contributed by atoms with E-state index in [1.807, 2.05) is 18.2 Å². The van der Waals surface area contributed by atoms with Crippen molar-refractivity contribution in [3.63, 3.8) is 0 Å². The lowest BCUT2D eigenvalue weighted by molar-refractivity contribution is 0.0956. The van der Waals surface area contributed by atoms with Gasteiger partial charge in [-0.15, -0.1) is 0 Å². The molecule has 1 aliphatic heterocycles. The number of nitrogens with one attached hydrogen (secondary N) is 1. The van der Waals surface area contributed by atoms with Crippen LogP contribution >= 0.6 is 0 Å². The Labute approximate surface area is 146 Å². The monoisotopic (exact) mass is 337 g/mol. The number of aliphatic hydroxyl groups excluding tert-OH is 1. The molecule has 2 heterocycles. The molecule has 25 heavy (non-hydrogen) atoms. The molecule has 5 nitrogen and oxygen atoms in total. The van der Waals surface area contributed by atoms with Gasteiger partial charge >= 0.3 is 0 Å². The second-order valence-corrected chi connectivity index (χ2v) is 7.61. The molecule has 2 fully saturated rings. The quantitative estimate of drug-likeness (QED) is 0.882. The highest BCUT2D eigenvalue weighted by Crippen LogP contribution is 2.49. The predicted molar refractivity (Wildman–Crippen MR) is 97.6 cm³/mol. The molecular weight excluding hydrogens is 314 g/mol. The van der Waals surface area contributed by atoms with Crippen LogP contribution in [-0.2, 0) is 0 Å². The first kappa shape index (κ1) is 16.2. The fourth-order valence-electron chi connectivity index (χ4n) is 4.37. The van der Waals surface area contributed by atoms with Gasteiger partial charge in [-0.25, -0.2) is 0 Å². The van der Waals surface area contributed by atoms with Gasteiger partial charge in [0, 0.05) is 18.5 Å². The second-order valence-electron chi connectivity index (χ2n) is 7.61. The van der Waals surface area contributed by atoms with Crippen LogP contribution in [0.5, 0.6) is 0 Å². The van der Waals surface area contributed by atoms with Gasteiger partial charge in [0.2, 0.25) is 0 Å². The van der Waals surface area contributed by atoms with Crippen LogP contribution in [0.25, 0.3) is 10.9 Å². The summed E-state index contributed by atoms with van der Waals surface area (Å²) in [6.07, 6.45) is 5.62. The minimum Gasteiger partial charge on any atom is -0.389 e. The first-order valence-electron chi connectivity index (χ1n) is 9.06. The number of nitriles is 1. The zero-order chi connectivity index (χ0) is 17.6. The normalized spacial score (nSPS) is 20.3. The standard InChI is InChI=1S/C20H23N3O2/c1-13(24)14-3-4-17-15(11-14)18(16(12-21)19(25)22-17)23-9-7-20(8-10-23)5-2-6-20/h3-4,11,13,24H,2,5-10H2,1H3,(H,22,25). The molecule has 4 rings (SSSR count). The van der Waals surface area contributed by atoms with E-state index >= 15 is 0 Å². The minimum atomic E-state index is -0.589. The Balaban J connectivity index is 1.83. The molecule has 2 aromatic rings. The van der Waals surface area contributed by atoms with Gasteiger partial charge in [-0.1, -0.05) is 12.5 Å². The lowest BCUT2D eigenvalue weighted by Crippen LogP contribution is -2.44. The van der Waals surface area contributed by atoms with Crippen molar-refractivity contribution in [2.75, 3.05) is 18.0 Å². The molecule has 1 saturated carbocycles. The summed E-state index contributed by atoms with van der Waals surface area (Å²) in [5.41, 5.74) is 2.59. The van der Waals surface area contributed by atoms with E-state index in [4.69, 9.17) is 0 Å². The van der Waals surface area contributed by atoms with E-state index < -0.39 is 6.10 Å². The molecule has 1 aromatic carbocycles. The number of benzene rings is 1. The maximum atomic E-state index is 12.4. The van der Waals surface area contributed by atoms with Crippen LogP contribution < -0.4 is 10.5 Å². The number of hydrogen-bond donors (Lipinski definition) is 2. The van der Waals surface area contributed by atoms with E-state index in [-0.39, 0.29) is 11.1 Å². The van der Waals surface area contributed by atoms with Crippen LogP contribution in [0, 0.1) is 16.7 Å². The summed E-state index contributed by atoms with van der Waals surface area (Å²) in [4.78, 5) is 17.4. The Hall–Kier alpha value is -2.32. The summed E-state index contributed by atoms with van der Waals surface area (Å²) in [5.74, 6) is 0. The van der Waals surface area contributed by atoms with Crippen LogP contribution in [0.1, 0.15) is 56.3 Å². The third kappa shape index (κ3) is 2.61. The Morgan fingerprint density at radius 2 is 2.00 bits per heavy atom. The van der Waals surface area contributed by atoms with Gasteiger partial charge in [-0.05, 0) is 55.7 Å². The molecular formula is C20H23N3O2. The number of H-pyrrole nitrogens is 1. The number of aliphatic hydroxyl groups is 1. The Morgan fingerprint density at radius 1 is 1.28 bits per heavy atom. The van der Waals surface area contributed by atoms with Crippen molar-refractivity contribution >= 4 is 16.6 Å². The summed E-state index contributed by atoms with van der Waals surface area (Å²) in [7, 11) is 0. The third-order valence-corrected chi connectivity index (χ3v) is 6.16. The molecule has 0 amide bonds. The van der Waals surface area contributed by atoms with Crippen molar-refractivity contribution < 1.29 is 5.11 Å². The van der Waals surface area contributed by atoms with Crippen molar-refractivity contribution in [3.05, 3.63) is 39.7 Å². The fraction of sp³-hybridized carbons (Fsp3) is 0.500. The number of rotatable bonds is 2. The zero-order valence-electron chi connectivity index (χ0n) is 14.5. The fourth-order valence-corrected chi connectivity index (χ4v) is 4.37. The number of anilines is 1. The highest BCUT2D eigenvalue weighted by molar-refractivity contribution is 5.95. The predicted octanol–water partition coefficient (Wildman–Crippen LogP) is 3.22. The van der Waals surface area contributed by atoms with Crippen LogP contribution in [-0.4, -0.2) is 23.2 Å². The summed E-state index contributed by atoms with van der Waals surface area (Å²) >= 11 is 0. The van der Waals surface area contributed by atoms with Crippen molar-refractivity contribution in [1.29, 1.82) is 5.26 Å². The molecule has 0 bridgehead atoms. The van der Waals surface area contributed by atoms with Crippen LogP contribution in [0.3, 0.4) is 0 Å². The topological polar surface area (TPSA) is 80.1 Å². The van der Waals surface area contributed by atoms with Crippen LogP contribution in [0.4, 0.5) is 5.69 Å². The number of aromatic amines is 1. The second kappa shape index (κ2) is 5.89. The minimum absolute atomic E-state index is 0.180. The van der Waals surface area contributed by atoms with Crippen molar-refractivity contribution in [3.8, 4) is 6.07 Å². The van der Waals surface area contributed by atoms with Crippen molar-refractivity contribution in [2.45, 2.75) is 45.1 Å². The number of aromatic nitrogens is 1. The summed E-state index contributed by atoms with van der Waals surface area (Å²) in [6.45, 7) is 3.48. The average Bonchev–Trinajstić information content (AvgIpc) is 2.59. The number of hydrogen-bond acceptors (Lipinski definition) is 4. The maximum Gasteiger partial charge on any atom is 0.268 e. The summed E-state index contributed by atoms with van der Waals surface area (Å²) < 4.78 is 0. The van der Waals surface area contributed by atoms with Gasteiger partial charge in [0.25, 0.3) is 5.56 Å². The van der Waals surface area contributed by atoms with Crippen LogP contribution in [0.15, 0.2) is 23.0 Å². The van der Waals surface area contributed by atoms with Gasteiger partial charge in [0.15, 0.2) is 0 Å². The average molecular weight is 337 g/mol. The molecule has 5 heteroatoms. The maximum absolute atomic E-state index is 12.4. The molecule has 1 saturated heterocycles. The molecule has 0 radical (unpaired) electrons. The van der Waals surface area contributed by atoms with Gasteiger partial charge in [-0.2, -0.15) is 5.26 Å². The Bertz CT molecular complexity index is 909. The number of fused-ring (bicyclic) bond motifs is 1. The van der Waals surface area contributed by atoms with Gasteiger partial charge in [0.1, 0.15) is 11.6 Å². The molecule has 130 valence electrons. The first-order valence-corrected chi connectivity index (χ1v) is 9.06. The lowest BCUT2D eigenvalue weighted by Gasteiger charge is -2.48. The Morgan fingerprint density at radius 3 is 2.56 bits per heavy atom. The molecule has 1 unspecified atom stereocenters. The molecule has 2 N–H and O–H groups in total. The number of pyridine rings is 1. The SMILES string of the molecule is CC(O)c1ccc2[nH]c(=O)c(C#N)c(N3CCC4(CCC4)CC3)c2c1. The Kier molecular flexibility index (Phi) is 3.81. The highest BCUT2D eigenvalue weighted by atomic mass is 16.3. The number of nitrogens with zero attached hydrogens (tertiary/aromatic N) is 2. The largest absolute Gasteiger partial charge is 0.389 e. The number of piperidine rings is 1. The van der Waals surface area contributed by atoms with Gasteiger partial charge in [-0.3, -0.25) is 4.79 Å². The highest BCUT2D eigenvalue weighted by Gasteiger charge is 2.40. The van der Waals surface area contributed by atoms with E-state index in [0.29, 0.717) is 10.9 Å². The first-order chi connectivity index (χ1) is 12.0. The van der Waals surface area contributed by atoms with Crippen molar-refractivity contribution in [1.82, 2.24) is 4.98 Å². The van der Waals surface area contributed by atoms with Gasteiger partial charge < -0.3 is 15.0 Å². The van der Waals surface area contributed by atoms with E-state index in [1.54, 1.807) is 6.92 Å². The molecule has 1 spiro atoms. The lowest BCUT2D eigenvalue weighted by atomic mass is 9.63. The third-order valence-electron chi connectivity index (χ3n) is 6.16. The van der Waals surface area contributed by atoms with Crippen LogP contribution in [0.2, 0.25) is 0 Å². The molecule has 2 aliphatic rings. The molecule has 1 atom stereocenters. The van der Waals surface area contributed by atoms with Gasteiger partial charge in [0.05, 0.1) is 17.3 Å². The summed E-state index contributed by atoms with van der Waals surface area (Å²) in [5, 5.41) is 20.4. The van der Waals surface area contributed by atoms with E-state index in [2.05, 4.69) is 16.0 Å².